The van der Waals surface area contributed by atoms with Gasteiger partial charge >= 0.3 is 0 Å². The fourth-order valence-corrected chi connectivity index (χ4v) is 4.47. The Balaban J connectivity index is 2.17. The molecule has 0 aliphatic carbocycles. The second kappa shape index (κ2) is 13.4. The van der Waals surface area contributed by atoms with Gasteiger partial charge in [0.2, 0.25) is 11.8 Å². The second-order valence-corrected chi connectivity index (χ2v) is 9.09. The predicted octanol–water partition coefficient (Wildman–Crippen LogP) is 5.30. The summed E-state index contributed by atoms with van der Waals surface area (Å²) < 4.78 is 5.32. The highest BCUT2D eigenvalue weighted by Crippen LogP contribution is 2.23. The number of hydrogen-bond acceptors (Lipinski definition) is 4. The van der Waals surface area contributed by atoms with Crippen LogP contribution in [-0.2, 0) is 21.9 Å². The van der Waals surface area contributed by atoms with Crippen molar-refractivity contribution in [2.75, 3.05) is 12.9 Å². The Labute approximate surface area is 200 Å². The van der Waals surface area contributed by atoms with Crippen LogP contribution in [0.4, 0.5) is 0 Å². The van der Waals surface area contributed by atoms with Crippen molar-refractivity contribution >= 4 is 35.2 Å². The third kappa shape index (κ3) is 7.75. The Morgan fingerprint density at radius 3 is 2.53 bits per heavy atom. The van der Waals surface area contributed by atoms with E-state index >= 15 is 0 Å². The highest BCUT2D eigenvalue weighted by atomic mass is 35.5. The number of hydrogen-bond donors (Lipinski definition) is 1. The van der Waals surface area contributed by atoms with E-state index in [2.05, 4.69) is 5.32 Å². The number of amides is 2. The minimum Gasteiger partial charge on any atom is -0.497 e. The molecule has 32 heavy (non-hydrogen) atoms. The number of rotatable bonds is 12. The first-order chi connectivity index (χ1) is 15.4. The molecular weight excluding hydrogens is 444 g/mol. The lowest BCUT2D eigenvalue weighted by molar-refractivity contribution is -0.139. The van der Waals surface area contributed by atoms with Gasteiger partial charge < -0.3 is 15.0 Å². The topological polar surface area (TPSA) is 58.6 Å². The standard InChI is InChI=1S/C25H33ClN2O3S/c1-5-18(3)27-25(30)23(6-2)28(15-19-10-9-12-21(14-19)31-4)24(29)17-32-16-20-11-7-8-13-22(20)26/h7-14,18,23H,5-6,15-17H2,1-4H3,(H,27,30)/t18-,23-/m1/s1. The van der Waals surface area contributed by atoms with E-state index in [1.807, 2.05) is 69.3 Å². The average Bonchev–Trinajstić information content (AvgIpc) is 2.80. The maximum absolute atomic E-state index is 13.3. The zero-order chi connectivity index (χ0) is 23.5. The van der Waals surface area contributed by atoms with Gasteiger partial charge in [0.1, 0.15) is 11.8 Å². The van der Waals surface area contributed by atoms with Crippen LogP contribution in [0.15, 0.2) is 48.5 Å². The van der Waals surface area contributed by atoms with Gasteiger partial charge in [-0.2, -0.15) is 0 Å². The molecule has 0 aliphatic heterocycles. The molecule has 0 saturated heterocycles. The zero-order valence-corrected chi connectivity index (χ0v) is 20.8. The number of nitrogens with zero attached hydrogens (tertiary/aromatic N) is 1. The summed E-state index contributed by atoms with van der Waals surface area (Å²) in [7, 11) is 1.61. The van der Waals surface area contributed by atoms with E-state index in [0.717, 1.165) is 23.3 Å². The fourth-order valence-electron chi connectivity index (χ4n) is 3.27. The molecule has 0 radical (unpaired) electrons. The van der Waals surface area contributed by atoms with Crippen LogP contribution >= 0.6 is 23.4 Å². The van der Waals surface area contributed by atoms with Gasteiger partial charge in [0.15, 0.2) is 0 Å². The van der Waals surface area contributed by atoms with Crippen molar-refractivity contribution in [3.8, 4) is 5.75 Å². The van der Waals surface area contributed by atoms with E-state index in [-0.39, 0.29) is 23.6 Å². The van der Waals surface area contributed by atoms with Crippen LogP contribution in [-0.4, -0.2) is 41.7 Å². The molecule has 174 valence electrons. The molecule has 0 saturated carbocycles. The summed E-state index contributed by atoms with van der Waals surface area (Å²) in [6.45, 7) is 6.27. The van der Waals surface area contributed by atoms with Crippen molar-refractivity contribution in [1.29, 1.82) is 0 Å². The van der Waals surface area contributed by atoms with Gasteiger partial charge in [0, 0.05) is 23.4 Å². The van der Waals surface area contributed by atoms with Gasteiger partial charge in [-0.3, -0.25) is 9.59 Å². The highest BCUT2D eigenvalue weighted by Gasteiger charge is 2.29. The number of halogens is 1. The molecule has 2 atom stereocenters. The number of carbonyl (C=O) groups is 2. The second-order valence-electron chi connectivity index (χ2n) is 7.70. The minimum absolute atomic E-state index is 0.0555. The lowest BCUT2D eigenvalue weighted by Crippen LogP contribution is -2.51. The van der Waals surface area contributed by atoms with Gasteiger partial charge in [0.25, 0.3) is 0 Å². The summed E-state index contributed by atoms with van der Waals surface area (Å²) in [6, 6.07) is 14.7. The predicted molar refractivity (Wildman–Crippen MR) is 133 cm³/mol. The molecule has 2 amide bonds. The van der Waals surface area contributed by atoms with E-state index in [1.165, 1.54) is 11.8 Å². The van der Waals surface area contributed by atoms with Crippen molar-refractivity contribution in [1.82, 2.24) is 10.2 Å². The molecule has 2 aromatic rings. The van der Waals surface area contributed by atoms with Gasteiger partial charge in [-0.15, -0.1) is 11.8 Å². The summed E-state index contributed by atoms with van der Waals surface area (Å²) in [5.74, 6) is 1.43. The van der Waals surface area contributed by atoms with Crippen molar-refractivity contribution in [2.45, 2.75) is 58.0 Å². The van der Waals surface area contributed by atoms with Crippen LogP contribution in [0.3, 0.4) is 0 Å². The number of thioether (sulfide) groups is 1. The summed E-state index contributed by atoms with van der Waals surface area (Å²) >= 11 is 7.74. The quantitative estimate of drug-likeness (QED) is 0.451. The molecule has 0 aromatic heterocycles. The molecule has 0 fully saturated rings. The zero-order valence-electron chi connectivity index (χ0n) is 19.3. The van der Waals surface area contributed by atoms with Crippen LogP contribution in [0.25, 0.3) is 0 Å². The third-order valence-electron chi connectivity index (χ3n) is 5.31. The Kier molecular flexibility index (Phi) is 10.9. The van der Waals surface area contributed by atoms with Crippen molar-refractivity contribution in [3.05, 3.63) is 64.7 Å². The summed E-state index contributed by atoms with van der Waals surface area (Å²) in [5.41, 5.74) is 1.91. The first kappa shape index (κ1) is 26.1. The molecule has 2 rings (SSSR count). The molecule has 2 aromatic carbocycles. The number of methoxy groups -OCH3 is 1. The lowest BCUT2D eigenvalue weighted by atomic mass is 10.1. The van der Waals surface area contributed by atoms with Gasteiger partial charge in [-0.05, 0) is 49.1 Å². The molecule has 0 heterocycles. The Hall–Kier alpha value is -2.18. The number of ether oxygens (including phenoxy) is 1. The van der Waals surface area contributed by atoms with E-state index in [1.54, 1.807) is 12.0 Å². The summed E-state index contributed by atoms with van der Waals surface area (Å²) in [4.78, 5) is 28.0. The lowest BCUT2D eigenvalue weighted by Gasteiger charge is -2.31. The first-order valence-electron chi connectivity index (χ1n) is 10.9. The van der Waals surface area contributed by atoms with E-state index in [9.17, 15) is 9.59 Å². The molecule has 0 unspecified atom stereocenters. The molecule has 0 spiro atoms. The monoisotopic (exact) mass is 476 g/mol. The number of benzene rings is 2. The van der Waals surface area contributed by atoms with Crippen LogP contribution in [0.1, 0.15) is 44.7 Å². The smallest absolute Gasteiger partial charge is 0.243 e. The summed E-state index contributed by atoms with van der Waals surface area (Å²) in [5, 5.41) is 3.73. The molecule has 5 nitrogen and oxygen atoms in total. The third-order valence-corrected chi connectivity index (χ3v) is 6.65. The van der Waals surface area contributed by atoms with Gasteiger partial charge in [-0.1, -0.05) is 55.8 Å². The number of carbonyl (C=O) groups excluding carboxylic acids is 2. The number of nitrogens with one attached hydrogen (secondary N) is 1. The maximum Gasteiger partial charge on any atom is 0.243 e. The minimum atomic E-state index is -0.538. The van der Waals surface area contributed by atoms with Gasteiger partial charge in [0.05, 0.1) is 12.9 Å². The molecule has 1 N–H and O–H groups in total. The first-order valence-corrected chi connectivity index (χ1v) is 12.5. The Bertz CT molecular complexity index is 893. The summed E-state index contributed by atoms with van der Waals surface area (Å²) in [6.07, 6.45) is 1.37. The fraction of sp³-hybridized carbons (Fsp3) is 0.440. The largest absolute Gasteiger partial charge is 0.497 e. The highest BCUT2D eigenvalue weighted by molar-refractivity contribution is 7.99. The Morgan fingerprint density at radius 2 is 1.88 bits per heavy atom. The van der Waals surface area contributed by atoms with Crippen molar-refractivity contribution < 1.29 is 14.3 Å². The molecular formula is C25H33ClN2O3S. The van der Waals surface area contributed by atoms with E-state index in [0.29, 0.717) is 23.7 Å². The SMILES string of the molecule is CC[C@@H](C)NC(=O)[C@@H](CC)N(Cc1cccc(OC)c1)C(=O)CSCc1ccccc1Cl. The molecule has 7 heteroatoms. The Morgan fingerprint density at radius 1 is 1.12 bits per heavy atom. The molecule has 0 aliphatic rings. The van der Waals surface area contributed by atoms with Crippen LogP contribution in [0, 0.1) is 0 Å². The van der Waals surface area contributed by atoms with Crippen LogP contribution in [0.2, 0.25) is 5.02 Å². The van der Waals surface area contributed by atoms with E-state index < -0.39 is 6.04 Å². The maximum atomic E-state index is 13.3. The average molecular weight is 477 g/mol. The normalized spacial score (nSPS) is 12.7. The van der Waals surface area contributed by atoms with Crippen LogP contribution in [0.5, 0.6) is 5.75 Å². The van der Waals surface area contributed by atoms with E-state index in [4.69, 9.17) is 16.3 Å². The van der Waals surface area contributed by atoms with Crippen molar-refractivity contribution in [2.24, 2.45) is 0 Å². The van der Waals surface area contributed by atoms with Crippen molar-refractivity contribution in [3.63, 3.8) is 0 Å². The molecule has 0 bridgehead atoms. The van der Waals surface area contributed by atoms with Crippen LogP contribution < -0.4 is 10.1 Å². The van der Waals surface area contributed by atoms with Gasteiger partial charge in [-0.25, -0.2) is 0 Å².